The number of aryl methyl sites for hydroxylation is 1. The molecule has 1 unspecified atom stereocenters. The first kappa shape index (κ1) is 11.0. The lowest BCUT2D eigenvalue weighted by Gasteiger charge is -2.22. The Morgan fingerprint density at radius 3 is 3.22 bits per heavy atom. The number of fused-ring (bicyclic) bond motifs is 1. The zero-order valence-corrected chi connectivity index (χ0v) is 9.80. The van der Waals surface area contributed by atoms with E-state index in [9.17, 15) is 4.79 Å². The van der Waals surface area contributed by atoms with Crippen LogP contribution < -0.4 is 5.32 Å². The third-order valence-electron chi connectivity index (χ3n) is 3.15. The van der Waals surface area contributed by atoms with Crippen molar-refractivity contribution in [2.75, 3.05) is 0 Å². The molecule has 2 aromatic heterocycles. The van der Waals surface area contributed by atoms with E-state index in [4.69, 9.17) is 4.42 Å². The van der Waals surface area contributed by atoms with Crippen molar-refractivity contribution in [1.29, 1.82) is 0 Å². The molecule has 0 saturated heterocycles. The number of carbonyl (C=O) groups is 1. The molecule has 1 atom stereocenters. The molecular weight excluding hydrogens is 230 g/mol. The van der Waals surface area contributed by atoms with E-state index in [2.05, 4.69) is 15.3 Å². The van der Waals surface area contributed by atoms with Gasteiger partial charge in [-0.15, -0.1) is 0 Å². The average Bonchev–Trinajstić information content (AvgIpc) is 2.89. The maximum absolute atomic E-state index is 12.0. The summed E-state index contributed by atoms with van der Waals surface area (Å²) in [6.45, 7) is 0. The number of hydrogen-bond donors (Lipinski definition) is 1. The molecule has 0 aliphatic heterocycles. The van der Waals surface area contributed by atoms with Crippen molar-refractivity contribution in [2.45, 2.75) is 25.3 Å². The Labute approximate surface area is 104 Å². The molecule has 0 radical (unpaired) electrons. The van der Waals surface area contributed by atoms with Crippen molar-refractivity contribution in [3.05, 3.63) is 47.9 Å². The maximum Gasteiger partial charge on any atom is 0.271 e. The van der Waals surface area contributed by atoms with Crippen molar-refractivity contribution in [2.24, 2.45) is 0 Å². The lowest BCUT2D eigenvalue weighted by molar-refractivity contribution is 0.0926. The molecule has 0 aromatic carbocycles. The monoisotopic (exact) mass is 243 g/mol. The summed E-state index contributed by atoms with van der Waals surface area (Å²) >= 11 is 0. The Morgan fingerprint density at radius 2 is 2.39 bits per heavy atom. The van der Waals surface area contributed by atoms with Crippen molar-refractivity contribution < 1.29 is 9.21 Å². The Morgan fingerprint density at radius 1 is 1.44 bits per heavy atom. The topological polar surface area (TPSA) is 68.0 Å². The summed E-state index contributed by atoms with van der Waals surface area (Å²) in [4.78, 5) is 19.9. The van der Waals surface area contributed by atoms with Gasteiger partial charge in [-0.05, 0) is 18.9 Å². The van der Waals surface area contributed by atoms with Gasteiger partial charge in [-0.2, -0.15) is 0 Å². The molecule has 0 fully saturated rings. The molecule has 1 amide bonds. The van der Waals surface area contributed by atoms with Gasteiger partial charge in [-0.25, -0.2) is 4.98 Å². The first-order valence-electron chi connectivity index (χ1n) is 5.98. The Hall–Kier alpha value is -2.17. The first-order chi connectivity index (χ1) is 8.84. The number of hydrogen-bond acceptors (Lipinski definition) is 4. The van der Waals surface area contributed by atoms with Crippen LogP contribution in [0.15, 0.2) is 35.3 Å². The minimum Gasteiger partial charge on any atom is -0.469 e. The van der Waals surface area contributed by atoms with Gasteiger partial charge in [0.15, 0.2) is 0 Å². The second-order valence-corrected chi connectivity index (χ2v) is 4.31. The highest BCUT2D eigenvalue weighted by atomic mass is 16.3. The van der Waals surface area contributed by atoms with E-state index in [1.807, 2.05) is 6.07 Å². The summed E-state index contributed by atoms with van der Waals surface area (Å²) in [5.41, 5.74) is 1.42. The smallest absolute Gasteiger partial charge is 0.271 e. The lowest BCUT2D eigenvalue weighted by Crippen LogP contribution is -2.31. The Bertz CT molecular complexity index is 550. The van der Waals surface area contributed by atoms with Crippen molar-refractivity contribution >= 4 is 5.91 Å². The van der Waals surface area contributed by atoms with Gasteiger partial charge < -0.3 is 9.73 Å². The van der Waals surface area contributed by atoms with Gasteiger partial charge in [-0.1, -0.05) is 0 Å². The Balaban J connectivity index is 1.77. The number of carbonyl (C=O) groups excluding carboxylic acids is 1. The molecule has 1 aliphatic carbocycles. The average molecular weight is 243 g/mol. The van der Waals surface area contributed by atoms with E-state index in [0.717, 1.165) is 30.6 Å². The molecule has 5 nitrogen and oxygen atoms in total. The van der Waals surface area contributed by atoms with Crippen molar-refractivity contribution in [3.8, 4) is 0 Å². The first-order valence-corrected chi connectivity index (χ1v) is 5.98. The van der Waals surface area contributed by atoms with Gasteiger partial charge in [0.1, 0.15) is 11.5 Å². The predicted molar refractivity (Wildman–Crippen MR) is 63.9 cm³/mol. The number of amides is 1. The van der Waals surface area contributed by atoms with E-state index in [-0.39, 0.29) is 11.9 Å². The number of aromatic nitrogens is 2. The third-order valence-corrected chi connectivity index (χ3v) is 3.15. The summed E-state index contributed by atoms with van der Waals surface area (Å²) in [7, 11) is 0. The Kier molecular flexibility index (Phi) is 2.80. The molecule has 0 spiro atoms. The fourth-order valence-corrected chi connectivity index (χ4v) is 2.28. The summed E-state index contributed by atoms with van der Waals surface area (Å²) in [5.74, 6) is 0.785. The standard InChI is InChI=1S/C13H13N3O2/c17-13(11-8-14-5-6-15-11)16-10-2-1-3-12-9(10)4-7-18-12/h4-8,10H,1-3H2,(H,16,17). The fraction of sp³-hybridized carbons (Fsp3) is 0.308. The van der Waals surface area contributed by atoms with E-state index in [1.54, 1.807) is 12.5 Å². The molecule has 1 N–H and O–H groups in total. The molecule has 18 heavy (non-hydrogen) atoms. The van der Waals surface area contributed by atoms with Gasteiger partial charge >= 0.3 is 0 Å². The van der Waals surface area contributed by atoms with Gasteiger partial charge in [-0.3, -0.25) is 9.78 Å². The summed E-state index contributed by atoms with van der Waals surface area (Å²) in [6.07, 6.45) is 9.10. The van der Waals surface area contributed by atoms with E-state index in [0.29, 0.717) is 5.69 Å². The number of furan rings is 1. The van der Waals surface area contributed by atoms with Crippen LogP contribution in [0.4, 0.5) is 0 Å². The molecule has 5 heteroatoms. The third kappa shape index (κ3) is 1.99. The molecule has 0 bridgehead atoms. The second kappa shape index (κ2) is 4.60. The van der Waals surface area contributed by atoms with Gasteiger partial charge in [0.2, 0.25) is 0 Å². The van der Waals surface area contributed by atoms with Gasteiger partial charge in [0.25, 0.3) is 5.91 Å². The van der Waals surface area contributed by atoms with Crippen LogP contribution >= 0.6 is 0 Å². The molecule has 1 aliphatic rings. The lowest BCUT2D eigenvalue weighted by atomic mass is 9.93. The van der Waals surface area contributed by atoms with Gasteiger partial charge in [0, 0.05) is 24.4 Å². The van der Waals surface area contributed by atoms with Crippen LogP contribution in [0.3, 0.4) is 0 Å². The van der Waals surface area contributed by atoms with E-state index >= 15 is 0 Å². The van der Waals surface area contributed by atoms with Crippen LogP contribution in [0.25, 0.3) is 0 Å². The number of nitrogens with zero attached hydrogens (tertiary/aromatic N) is 2. The summed E-state index contributed by atoms with van der Waals surface area (Å²) in [5, 5.41) is 2.98. The molecular formula is C13H13N3O2. The SMILES string of the molecule is O=C(NC1CCCc2occc21)c1cnccn1. The highest BCUT2D eigenvalue weighted by Crippen LogP contribution is 2.30. The normalized spacial score (nSPS) is 18.1. The minimum absolute atomic E-state index is 0.0157. The zero-order valence-electron chi connectivity index (χ0n) is 9.80. The largest absolute Gasteiger partial charge is 0.469 e. The summed E-state index contributed by atoms with van der Waals surface area (Å²) < 4.78 is 5.39. The minimum atomic E-state index is -0.192. The second-order valence-electron chi connectivity index (χ2n) is 4.31. The van der Waals surface area contributed by atoms with Crippen molar-refractivity contribution in [1.82, 2.24) is 15.3 Å². The highest BCUT2D eigenvalue weighted by Gasteiger charge is 2.24. The van der Waals surface area contributed by atoms with Crippen LogP contribution in [-0.4, -0.2) is 15.9 Å². The van der Waals surface area contributed by atoms with Gasteiger partial charge in [0.05, 0.1) is 18.5 Å². The number of nitrogens with one attached hydrogen (secondary N) is 1. The van der Waals surface area contributed by atoms with E-state index < -0.39 is 0 Å². The summed E-state index contributed by atoms with van der Waals surface area (Å²) in [6, 6.07) is 1.94. The number of rotatable bonds is 2. The molecule has 0 saturated carbocycles. The van der Waals surface area contributed by atoms with Crippen LogP contribution in [0.5, 0.6) is 0 Å². The van der Waals surface area contributed by atoms with E-state index in [1.165, 1.54) is 12.4 Å². The van der Waals surface area contributed by atoms with Crippen LogP contribution in [0, 0.1) is 0 Å². The predicted octanol–water partition coefficient (Wildman–Crippen LogP) is 1.88. The molecule has 3 rings (SSSR count). The van der Waals surface area contributed by atoms with Crippen LogP contribution in [-0.2, 0) is 6.42 Å². The quantitative estimate of drug-likeness (QED) is 0.874. The van der Waals surface area contributed by atoms with Crippen molar-refractivity contribution in [3.63, 3.8) is 0 Å². The van der Waals surface area contributed by atoms with Crippen LogP contribution in [0.2, 0.25) is 0 Å². The molecule has 2 aromatic rings. The zero-order chi connectivity index (χ0) is 12.4. The fourth-order valence-electron chi connectivity index (χ4n) is 2.28. The molecule has 2 heterocycles. The molecule has 92 valence electrons. The highest BCUT2D eigenvalue weighted by molar-refractivity contribution is 5.92. The van der Waals surface area contributed by atoms with Crippen LogP contribution in [0.1, 0.15) is 40.7 Å². The maximum atomic E-state index is 12.0.